The Labute approximate surface area is 165 Å². The van der Waals surface area contributed by atoms with Crippen molar-refractivity contribution in [2.45, 2.75) is 31.7 Å². The van der Waals surface area contributed by atoms with E-state index < -0.39 is 0 Å². The number of piperidine rings is 1. The standard InChI is InChI=1S/C18H20N4O3S2/c1-24-9-7-15-20-16(25-21-15)13-5-2-3-8-22(13)18(23)12-11-27-17(19-12)14-6-4-10-26-14/h4,6,10-11,13H,2-3,5,7-9H2,1H3. The Balaban J connectivity index is 1.53. The van der Waals surface area contributed by atoms with Gasteiger partial charge in [0.25, 0.3) is 5.91 Å². The number of likely N-dealkylation sites (tertiary alicyclic amines) is 1. The van der Waals surface area contributed by atoms with E-state index in [1.807, 2.05) is 27.8 Å². The van der Waals surface area contributed by atoms with Crippen LogP contribution in [0.2, 0.25) is 0 Å². The van der Waals surface area contributed by atoms with Crippen molar-refractivity contribution in [3.8, 4) is 9.88 Å². The van der Waals surface area contributed by atoms with Gasteiger partial charge in [0.05, 0.1) is 11.5 Å². The predicted octanol–water partition coefficient (Wildman–Crippen LogP) is 3.81. The van der Waals surface area contributed by atoms with Crippen LogP contribution >= 0.6 is 22.7 Å². The minimum Gasteiger partial charge on any atom is -0.384 e. The molecule has 0 aliphatic carbocycles. The number of hydrogen-bond acceptors (Lipinski definition) is 8. The molecule has 7 nitrogen and oxygen atoms in total. The van der Waals surface area contributed by atoms with Gasteiger partial charge in [-0.15, -0.1) is 22.7 Å². The van der Waals surface area contributed by atoms with Crippen molar-refractivity contribution < 1.29 is 14.1 Å². The Kier molecular flexibility index (Phi) is 5.61. The quantitative estimate of drug-likeness (QED) is 0.621. The van der Waals surface area contributed by atoms with Crippen molar-refractivity contribution in [3.05, 3.63) is 40.3 Å². The van der Waals surface area contributed by atoms with Crippen molar-refractivity contribution in [1.29, 1.82) is 0 Å². The first kappa shape index (κ1) is 18.3. The molecular formula is C18H20N4O3S2. The number of carbonyl (C=O) groups excluding carboxylic acids is 1. The van der Waals surface area contributed by atoms with Gasteiger partial charge in [-0.3, -0.25) is 4.79 Å². The van der Waals surface area contributed by atoms with Crippen molar-refractivity contribution in [3.63, 3.8) is 0 Å². The maximum atomic E-state index is 13.1. The highest BCUT2D eigenvalue weighted by molar-refractivity contribution is 7.20. The molecule has 4 heterocycles. The van der Waals surface area contributed by atoms with E-state index in [4.69, 9.17) is 9.26 Å². The topological polar surface area (TPSA) is 81.4 Å². The van der Waals surface area contributed by atoms with E-state index in [0.717, 1.165) is 29.1 Å². The number of rotatable bonds is 6. The number of hydrogen-bond donors (Lipinski definition) is 0. The summed E-state index contributed by atoms with van der Waals surface area (Å²) in [6, 6.07) is 3.81. The van der Waals surface area contributed by atoms with Gasteiger partial charge in [0.1, 0.15) is 16.7 Å². The van der Waals surface area contributed by atoms with Crippen LogP contribution in [0.4, 0.5) is 0 Å². The summed E-state index contributed by atoms with van der Waals surface area (Å²) in [7, 11) is 1.64. The minimum atomic E-state index is -0.193. The monoisotopic (exact) mass is 404 g/mol. The largest absolute Gasteiger partial charge is 0.384 e. The van der Waals surface area contributed by atoms with Gasteiger partial charge in [0.15, 0.2) is 5.82 Å². The third-order valence-electron chi connectivity index (χ3n) is 4.52. The SMILES string of the molecule is COCCc1noc(C2CCCCN2C(=O)c2csc(-c3cccs3)n2)n1. The molecule has 1 aliphatic heterocycles. The van der Waals surface area contributed by atoms with E-state index in [9.17, 15) is 4.79 Å². The fourth-order valence-corrected chi connectivity index (χ4v) is 4.77. The van der Waals surface area contributed by atoms with E-state index in [-0.39, 0.29) is 11.9 Å². The van der Waals surface area contributed by atoms with Crippen LogP contribution in [-0.4, -0.2) is 46.2 Å². The first-order valence-corrected chi connectivity index (χ1v) is 10.6. The van der Waals surface area contributed by atoms with Crippen molar-refractivity contribution in [2.24, 2.45) is 0 Å². The molecule has 1 saturated heterocycles. The summed E-state index contributed by atoms with van der Waals surface area (Å²) >= 11 is 3.12. The normalized spacial score (nSPS) is 17.4. The van der Waals surface area contributed by atoms with Crippen molar-refractivity contribution in [1.82, 2.24) is 20.0 Å². The molecule has 142 valence electrons. The third kappa shape index (κ3) is 3.95. The number of ether oxygens (including phenoxy) is 1. The Morgan fingerprint density at radius 3 is 3.11 bits per heavy atom. The molecule has 0 radical (unpaired) electrons. The second-order valence-corrected chi connectivity index (χ2v) is 8.12. The molecule has 1 unspecified atom stereocenters. The molecule has 1 amide bonds. The fourth-order valence-electron chi connectivity index (χ4n) is 3.16. The summed E-state index contributed by atoms with van der Waals surface area (Å²) in [6.07, 6.45) is 3.41. The predicted molar refractivity (Wildman–Crippen MR) is 103 cm³/mol. The number of thiazole rings is 1. The summed E-state index contributed by atoms with van der Waals surface area (Å²) in [5.41, 5.74) is 0.481. The number of aromatic nitrogens is 3. The van der Waals surface area contributed by atoms with Crippen molar-refractivity contribution in [2.75, 3.05) is 20.3 Å². The highest BCUT2D eigenvalue weighted by atomic mass is 32.1. The Hall–Kier alpha value is -2.10. The molecular weight excluding hydrogens is 384 g/mol. The smallest absolute Gasteiger partial charge is 0.274 e. The van der Waals surface area contributed by atoms with E-state index in [2.05, 4.69) is 15.1 Å². The van der Waals surface area contributed by atoms with Gasteiger partial charge in [-0.1, -0.05) is 11.2 Å². The van der Waals surface area contributed by atoms with Crippen LogP contribution in [-0.2, 0) is 11.2 Å². The molecule has 0 spiro atoms. The number of carbonyl (C=O) groups is 1. The molecule has 0 saturated carbocycles. The maximum absolute atomic E-state index is 13.1. The minimum absolute atomic E-state index is 0.0737. The van der Waals surface area contributed by atoms with Gasteiger partial charge in [0, 0.05) is 25.5 Å². The van der Waals surface area contributed by atoms with Gasteiger partial charge >= 0.3 is 0 Å². The average Bonchev–Trinajstić information content (AvgIpc) is 3.47. The lowest BCUT2D eigenvalue weighted by Crippen LogP contribution is -2.38. The first-order chi connectivity index (χ1) is 13.3. The van der Waals surface area contributed by atoms with Crippen LogP contribution in [0.25, 0.3) is 9.88 Å². The van der Waals surface area contributed by atoms with Crippen LogP contribution in [0.5, 0.6) is 0 Å². The fraction of sp³-hybridized carbons (Fsp3) is 0.444. The van der Waals surface area contributed by atoms with E-state index in [1.54, 1.807) is 18.4 Å². The Morgan fingerprint density at radius 1 is 1.37 bits per heavy atom. The molecule has 9 heteroatoms. The number of thiophene rings is 1. The zero-order valence-corrected chi connectivity index (χ0v) is 16.6. The molecule has 27 heavy (non-hydrogen) atoms. The summed E-state index contributed by atoms with van der Waals surface area (Å²) < 4.78 is 10.5. The average molecular weight is 405 g/mol. The van der Waals surface area contributed by atoms with Crippen LogP contribution < -0.4 is 0 Å². The molecule has 1 aliphatic rings. The molecule has 1 fully saturated rings. The lowest BCUT2D eigenvalue weighted by Gasteiger charge is -2.32. The van der Waals surface area contributed by atoms with E-state index in [0.29, 0.717) is 37.0 Å². The van der Waals surface area contributed by atoms with E-state index in [1.165, 1.54) is 11.3 Å². The number of nitrogens with zero attached hydrogens (tertiary/aromatic N) is 4. The zero-order valence-electron chi connectivity index (χ0n) is 15.0. The molecule has 3 aromatic heterocycles. The molecule has 1 atom stereocenters. The molecule has 0 aromatic carbocycles. The van der Waals surface area contributed by atoms with Gasteiger partial charge in [-0.2, -0.15) is 4.98 Å². The zero-order chi connectivity index (χ0) is 18.6. The molecule has 4 rings (SSSR count). The summed E-state index contributed by atoms with van der Waals surface area (Å²) in [4.78, 5) is 25.0. The first-order valence-electron chi connectivity index (χ1n) is 8.88. The molecule has 0 N–H and O–H groups in total. The van der Waals surface area contributed by atoms with Gasteiger partial charge in [-0.05, 0) is 30.7 Å². The lowest BCUT2D eigenvalue weighted by atomic mass is 10.0. The molecule has 0 bridgehead atoms. The van der Waals surface area contributed by atoms with Gasteiger partial charge < -0.3 is 14.2 Å². The van der Waals surface area contributed by atoms with Crippen LogP contribution in [0.15, 0.2) is 27.4 Å². The van der Waals surface area contributed by atoms with Crippen LogP contribution in [0, 0.1) is 0 Å². The van der Waals surface area contributed by atoms with Gasteiger partial charge in [-0.25, -0.2) is 4.98 Å². The highest BCUT2D eigenvalue weighted by Crippen LogP contribution is 2.33. The molecule has 3 aromatic rings. The highest BCUT2D eigenvalue weighted by Gasteiger charge is 2.33. The number of amides is 1. The summed E-state index contributed by atoms with van der Waals surface area (Å²) in [5, 5.41) is 8.74. The maximum Gasteiger partial charge on any atom is 0.274 e. The van der Waals surface area contributed by atoms with Gasteiger partial charge in [0.2, 0.25) is 5.89 Å². The second kappa shape index (κ2) is 8.28. The lowest BCUT2D eigenvalue weighted by molar-refractivity contribution is 0.0556. The Bertz CT molecular complexity index is 890. The Morgan fingerprint density at radius 2 is 2.30 bits per heavy atom. The van der Waals surface area contributed by atoms with Crippen molar-refractivity contribution >= 4 is 28.6 Å². The third-order valence-corrected chi connectivity index (χ3v) is 6.40. The van der Waals surface area contributed by atoms with E-state index >= 15 is 0 Å². The van der Waals surface area contributed by atoms with Crippen LogP contribution in [0.3, 0.4) is 0 Å². The number of methoxy groups -OCH3 is 1. The summed E-state index contributed by atoms with van der Waals surface area (Å²) in [6.45, 7) is 1.21. The van der Waals surface area contributed by atoms with Crippen LogP contribution in [0.1, 0.15) is 47.5 Å². The summed E-state index contributed by atoms with van der Waals surface area (Å²) in [5.74, 6) is 1.04. The second-order valence-electron chi connectivity index (χ2n) is 6.32.